The van der Waals surface area contributed by atoms with Gasteiger partial charge in [0.2, 0.25) is 0 Å². The Morgan fingerprint density at radius 2 is 2.12 bits per heavy atom. The number of imide groups is 1. The van der Waals surface area contributed by atoms with Gasteiger partial charge in [0.15, 0.2) is 0 Å². The topological polar surface area (TPSA) is 66.6 Å². The first kappa shape index (κ1) is 11.7. The summed E-state index contributed by atoms with van der Waals surface area (Å²) in [5, 5.41) is 0.458. The van der Waals surface area contributed by atoms with E-state index in [4.69, 9.17) is 17.3 Å². The van der Waals surface area contributed by atoms with Crippen LogP contribution in [0.25, 0.3) is 0 Å². The lowest BCUT2D eigenvalue weighted by atomic mass is 10.1. The molecule has 6 heteroatoms. The van der Waals surface area contributed by atoms with Crippen molar-refractivity contribution in [3.05, 3.63) is 28.8 Å². The number of amides is 3. The molecule has 1 fully saturated rings. The highest BCUT2D eigenvalue weighted by Crippen LogP contribution is 2.25. The van der Waals surface area contributed by atoms with Crippen molar-refractivity contribution in [2.75, 3.05) is 19.3 Å². The van der Waals surface area contributed by atoms with Gasteiger partial charge < -0.3 is 10.6 Å². The first-order chi connectivity index (χ1) is 8.00. The summed E-state index contributed by atoms with van der Waals surface area (Å²) in [6.45, 7) is 0.219. The van der Waals surface area contributed by atoms with Gasteiger partial charge in [-0.25, -0.2) is 4.79 Å². The van der Waals surface area contributed by atoms with Crippen LogP contribution in [0.15, 0.2) is 18.2 Å². The Balaban J connectivity index is 2.27. The van der Waals surface area contributed by atoms with Gasteiger partial charge in [0, 0.05) is 23.3 Å². The van der Waals surface area contributed by atoms with Crippen molar-refractivity contribution in [2.45, 2.75) is 6.54 Å². The van der Waals surface area contributed by atoms with Crippen molar-refractivity contribution in [2.24, 2.45) is 0 Å². The van der Waals surface area contributed by atoms with E-state index in [0.717, 1.165) is 4.90 Å². The fraction of sp³-hybridized carbons (Fsp3) is 0.273. The molecule has 0 atom stereocenters. The molecular weight excluding hydrogens is 242 g/mol. The summed E-state index contributed by atoms with van der Waals surface area (Å²) in [5.74, 6) is -0.239. The van der Waals surface area contributed by atoms with Crippen molar-refractivity contribution in [3.63, 3.8) is 0 Å². The lowest BCUT2D eigenvalue weighted by molar-refractivity contribution is -0.125. The summed E-state index contributed by atoms with van der Waals surface area (Å²) in [6.07, 6.45) is 0. The Bertz CT molecular complexity index is 469. The Kier molecular flexibility index (Phi) is 2.93. The summed E-state index contributed by atoms with van der Waals surface area (Å²) >= 11 is 6.00. The van der Waals surface area contributed by atoms with Crippen LogP contribution in [-0.4, -0.2) is 35.3 Å². The predicted octanol–water partition coefficient (Wildman–Crippen LogP) is 1.32. The van der Waals surface area contributed by atoms with Crippen molar-refractivity contribution in [1.82, 2.24) is 9.80 Å². The molecule has 0 saturated carbocycles. The van der Waals surface area contributed by atoms with E-state index in [1.54, 1.807) is 25.2 Å². The number of hydrogen-bond donors (Lipinski definition) is 1. The van der Waals surface area contributed by atoms with Crippen LogP contribution < -0.4 is 5.73 Å². The average molecular weight is 254 g/mol. The maximum absolute atomic E-state index is 11.7. The molecule has 1 aliphatic heterocycles. The lowest BCUT2D eigenvalue weighted by Gasteiger charge is -2.16. The minimum absolute atomic E-state index is 0.100. The van der Waals surface area contributed by atoms with E-state index in [2.05, 4.69) is 0 Å². The third-order valence-electron chi connectivity index (χ3n) is 2.70. The molecule has 1 aliphatic rings. The highest BCUT2D eigenvalue weighted by molar-refractivity contribution is 6.31. The second-order valence-corrected chi connectivity index (χ2v) is 4.33. The Labute approximate surface area is 104 Å². The number of likely N-dealkylation sites (N-methyl/N-ethyl adjacent to an activating group) is 1. The zero-order chi connectivity index (χ0) is 12.6. The summed E-state index contributed by atoms with van der Waals surface area (Å²) < 4.78 is 0. The number of carbonyl (C=O) groups excluding carboxylic acids is 2. The maximum Gasteiger partial charge on any atom is 0.327 e. The summed E-state index contributed by atoms with van der Waals surface area (Å²) in [6, 6.07) is 4.77. The zero-order valence-corrected chi connectivity index (χ0v) is 10.1. The molecule has 0 aromatic heterocycles. The van der Waals surface area contributed by atoms with Gasteiger partial charge in [0.1, 0.15) is 6.54 Å². The number of nitrogens with two attached hydrogens (primary N) is 1. The van der Waals surface area contributed by atoms with Gasteiger partial charge in [-0.15, -0.1) is 0 Å². The average Bonchev–Trinajstić information content (AvgIpc) is 2.49. The van der Waals surface area contributed by atoms with E-state index < -0.39 is 0 Å². The molecule has 0 unspecified atom stereocenters. The summed E-state index contributed by atoms with van der Waals surface area (Å²) in [7, 11) is 1.58. The molecule has 1 heterocycles. The molecule has 17 heavy (non-hydrogen) atoms. The molecule has 2 rings (SSSR count). The fourth-order valence-corrected chi connectivity index (χ4v) is 1.97. The predicted molar refractivity (Wildman–Crippen MR) is 64.4 cm³/mol. The van der Waals surface area contributed by atoms with E-state index in [1.807, 2.05) is 0 Å². The molecule has 0 bridgehead atoms. The molecule has 2 N–H and O–H groups in total. The quantitative estimate of drug-likeness (QED) is 0.638. The van der Waals surface area contributed by atoms with Crippen LogP contribution in [0, 0.1) is 0 Å². The first-order valence-corrected chi connectivity index (χ1v) is 5.47. The Morgan fingerprint density at radius 3 is 2.65 bits per heavy atom. The van der Waals surface area contributed by atoms with Crippen LogP contribution in [0.1, 0.15) is 5.56 Å². The minimum Gasteiger partial charge on any atom is -0.398 e. The fourth-order valence-electron chi connectivity index (χ4n) is 1.72. The van der Waals surface area contributed by atoms with Crippen molar-refractivity contribution >= 4 is 29.2 Å². The maximum atomic E-state index is 11.7. The minimum atomic E-state index is -0.325. The standard InChI is InChI=1S/C11H12ClN3O2/c1-14-6-10(16)15(11(14)17)5-7-8(12)3-2-4-9(7)13/h2-4H,5-6,13H2,1H3. The lowest BCUT2D eigenvalue weighted by Crippen LogP contribution is -2.31. The number of rotatable bonds is 2. The van der Waals surface area contributed by atoms with Crippen LogP contribution >= 0.6 is 11.6 Å². The summed E-state index contributed by atoms with van der Waals surface area (Å²) in [5.41, 5.74) is 6.86. The number of benzene rings is 1. The van der Waals surface area contributed by atoms with Gasteiger partial charge in [-0.05, 0) is 12.1 Å². The molecule has 3 amide bonds. The highest BCUT2D eigenvalue weighted by Gasteiger charge is 2.34. The molecule has 1 aromatic carbocycles. The Morgan fingerprint density at radius 1 is 1.41 bits per heavy atom. The smallest absolute Gasteiger partial charge is 0.327 e. The zero-order valence-electron chi connectivity index (χ0n) is 9.31. The van der Waals surface area contributed by atoms with Crippen LogP contribution in [0.2, 0.25) is 5.02 Å². The van der Waals surface area contributed by atoms with Gasteiger partial charge in [0.25, 0.3) is 5.91 Å². The monoisotopic (exact) mass is 253 g/mol. The number of hydrogen-bond acceptors (Lipinski definition) is 3. The van der Waals surface area contributed by atoms with Crippen LogP contribution in [0.5, 0.6) is 0 Å². The SMILES string of the molecule is CN1CC(=O)N(Cc2c(N)cccc2Cl)C1=O. The molecule has 1 aromatic rings. The van der Waals surface area contributed by atoms with Crippen LogP contribution in [-0.2, 0) is 11.3 Å². The van der Waals surface area contributed by atoms with Gasteiger partial charge >= 0.3 is 6.03 Å². The van der Waals surface area contributed by atoms with Crippen LogP contribution in [0.3, 0.4) is 0 Å². The van der Waals surface area contributed by atoms with Crippen molar-refractivity contribution in [1.29, 1.82) is 0 Å². The van der Waals surface area contributed by atoms with Gasteiger partial charge in [-0.2, -0.15) is 0 Å². The van der Waals surface area contributed by atoms with E-state index in [1.165, 1.54) is 4.90 Å². The molecule has 0 spiro atoms. The van der Waals surface area contributed by atoms with Crippen molar-refractivity contribution < 1.29 is 9.59 Å². The number of nitrogen functional groups attached to an aromatic ring is 1. The van der Waals surface area contributed by atoms with E-state index in [0.29, 0.717) is 16.3 Å². The third-order valence-corrected chi connectivity index (χ3v) is 3.06. The molecule has 5 nitrogen and oxygen atoms in total. The highest BCUT2D eigenvalue weighted by atomic mass is 35.5. The Hall–Kier alpha value is -1.75. The van der Waals surface area contributed by atoms with E-state index in [-0.39, 0.29) is 25.0 Å². The number of anilines is 1. The molecule has 0 aliphatic carbocycles. The molecular formula is C11H12ClN3O2. The second kappa shape index (κ2) is 4.25. The van der Waals surface area contributed by atoms with Crippen LogP contribution in [0.4, 0.5) is 10.5 Å². The second-order valence-electron chi connectivity index (χ2n) is 3.93. The van der Waals surface area contributed by atoms with Gasteiger partial charge in [-0.1, -0.05) is 17.7 Å². The molecule has 90 valence electrons. The molecule has 1 saturated heterocycles. The van der Waals surface area contributed by atoms with Gasteiger partial charge in [-0.3, -0.25) is 9.69 Å². The number of halogens is 1. The normalized spacial score (nSPS) is 15.9. The van der Waals surface area contributed by atoms with E-state index >= 15 is 0 Å². The molecule has 0 radical (unpaired) electrons. The first-order valence-electron chi connectivity index (χ1n) is 5.09. The number of nitrogens with zero attached hydrogens (tertiary/aromatic N) is 2. The third kappa shape index (κ3) is 2.06. The number of carbonyl (C=O) groups is 2. The van der Waals surface area contributed by atoms with Gasteiger partial charge in [0.05, 0.1) is 6.54 Å². The van der Waals surface area contributed by atoms with Crippen molar-refractivity contribution in [3.8, 4) is 0 Å². The number of urea groups is 1. The largest absolute Gasteiger partial charge is 0.398 e. The summed E-state index contributed by atoms with van der Waals surface area (Å²) in [4.78, 5) is 25.8. The van der Waals surface area contributed by atoms with E-state index in [9.17, 15) is 9.59 Å².